The molecule has 0 saturated heterocycles. The number of carbonyl (C=O) groups is 1. The molecule has 0 aromatic carbocycles. The number of aryl methyl sites for hydroxylation is 1. The molecule has 0 aliphatic heterocycles. The summed E-state index contributed by atoms with van der Waals surface area (Å²) in [6.07, 6.45) is 0. The SMILES string of the molecule is COC(=O)c1c(Cl)cc(Cl)nc1C. The van der Waals surface area contributed by atoms with Crippen molar-refractivity contribution in [2.75, 3.05) is 7.11 Å². The van der Waals surface area contributed by atoms with Crippen LogP contribution in [0.2, 0.25) is 10.2 Å². The second kappa shape index (κ2) is 3.94. The predicted octanol–water partition coefficient (Wildman–Crippen LogP) is 2.48. The van der Waals surface area contributed by atoms with Crippen molar-refractivity contribution in [3.8, 4) is 0 Å². The van der Waals surface area contributed by atoms with Gasteiger partial charge in [0.2, 0.25) is 0 Å². The number of hydrogen-bond acceptors (Lipinski definition) is 3. The topological polar surface area (TPSA) is 39.2 Å². The molecule has 0 atom stereocenters. The predicted molar refractivity (Wildman–Crippen MR) is 50.3 cm³/mol. The Hall–Kier alpha value is -0.800. The van der Waals surface area contributed by atoms with Gasteiger partial charge in [-0.3, -0.25) is 0 Å². The number of halogens is 2. The lowest BCUT2D eigenvalue weighted by Gasteiger charge is -2.05. The van der Waals surface area contributed by atoms with Crippen molar-refractivity contribution in [2.24, 2.45) is 0 Å². The fourth-order valence-corrected chi connectivity index (χ4v) is 1.55. The van der Waals surface area contributed by atoms with E-state index in [0.717, 1.165) is 0 Å². The normalized spacial score (nSPS) is 9.85. The van der Waals surface area contributed by atoms with Gasteiger partial charge in [0.1, 0.15) is 5.15 Å². The summed E-state index contributed by atoms with van der Waals surface area (Å²) in [7, 11) is 1.28. The first-order valence-electron chi connectivity index (χ1n) is 3.47. The molecule has 1 rings (SSSR count). The van der Waals surface area contributed by atoms with Crippen LogP contribution in [0.15, 0.2) is 6.07 Å². The van der Waals surface area contributed by atoms with Gasteiger partial charge in [-0.15, -0.1) is 0 Å². The molecular formula is C8H7Cl2NO2. The van der Waals surface area contributed by atoms with Gasteiger partial charge in [0.05, 0.1) is 23.4 Å². The summed E-state index contributed by atoms with van der Waals surface area (Å²) >= 11 is 11.4. The molecule has 3 nitrogen and oxygen atoms in total. The Morgan fingerprint density at radius 2 is 2.15 bits per heavy atom. The molecule has 0 bridgehead atoms. The quantitative estimate of drug-likeness (QED) is 0.539. The molecule has 70 valence electrons. The van der Waals surface area contributed by atoms with Crippen molar-refractivity contribution in [3.05, 3.63) is 27.5 Å². The van der Waals surface area contributed by atoms with Gasteiger partial charge in [-0.2, -0.15) is 0 Å². The van der Waals surface area contributed by atoms with Gasteiger partial charge in [-0.05, 0) is 13.0 Å². The largest absolute Gasteiger partial charge is 0.465 e. The van der Waals surface area contributed by atoms with E-state index in [-0.39, 0.29) is 15.7 Å². The Labute approximate surface area is 85.6 Å². The molecule has 1 aromatic heterocycles. The number of esters is 1. The van der Waals surface area contributed by atoms with E-state index in [4.69, 9.17) is 23.2 Å². The monoisotopic (exact) mass is 219 g/mol. The Balaban J connectivity index is 3.28. The lowest BCUT2D eigenvalue weighted by molar-refractivity contribution is 0.0599. The zero-order valence-corrected chi connectivity index (χ0v) is 8.61. The summed E-state index contributed by atoms with van der Waals surface area (Å²) < 4.78 is 4.53. The fourth-order valence-electron chi connectivity index (χ4n) is 0.945. The van der Waals surface area contributed by atoms with Crippen molar-refractivity contribution >= 4 is 29.2 Å². The van der Waals surface area contributed by atoms with Gasteiger partial charge in [-0.1, -0.05) is 23.2 Å². The van der Waals surface area contributed by atoms with Crippen LogP contribution in [0.4, 0.5) is 0 Å². The smallest absolute Gasteiger partial charge is 0.341 e. The number of rotatable bonds is 1. The molecule has 13 heavy (non-hydrogen) atoms. The van der Waals surface area contributed by atoms with E-state index >= 15 is 0 Å². The molecular weight excluding hydrogens is 213 g/mol. The summed E-state index contributed by atoms with van der Waals surface area (Å²) in [4.78, 5) is 15.1. The zero-order valence-electron chi connectivity index (χ0n) is 7.10. The fraction of sp³-hybridized carbons (Fsp3) is 0.250. The molecule has 1 aromatic rings. The lowest BCUT2D eigenvalue weighted by atomic mass is 10.2. The highest BCUT2D eigenvalue weighted by Crippen LogP contribution is 2.22. The summed E-state index contributed by atoms with van der Waals surface area (Å²) in [5.41, 5.74) is 0.720. The van der Waals surface area contributed by atoms with Crippen molar-refractivity contribution in [3.63, 3.8) is 0 Å². The van der Waals surface area contributed by atoms with E-state index in [1.165, 1.54) is 13.2 Å². The van der Waals surface area contributed by atoms with Crippen LogP contribution in [-0.4, -0.2) is 18.1 Å². The van der Waals surface area contributed by atoms with Crippen LogP contribution in [0.25, 0.3) is 0 Å². The minimum absolute atomic E-state index is 0.254. The molecule has 0 aliphatic rings. The minimum atomic E-state index is -0.508. The second-order valence-corrected chi connectivity index (χ2v) is 3.17. The van der Waals surface area contributed by atoms with Crippen molar-refractivity contribution < 1.29 is 9.53 Å². The van der Waals surface area contributed by atoms with Crippen molar-refractivity contribution in [1.29, 1.82) is 0 Å². The van der Waals surface area contributed by atoms with Crippen LogP contribution < -0.4 is 0 Å². The molecule has 0 spiro atoms. The van der Waals surface area contributed by atoms with Crippen LogP contribution in [0.3, 0.4) is 0 Å². The number of carbonyl (C=O) groups excluding carboxylic acids is 1. The van der Waals surface area contributed by atoms with Crippen LogP contribution in [0.5, 0.6) is 0 Å². The third kappa shape index (κ3) is 2.11. The Morgan fingerprint density at radius 1 is 1.54 bits per heavy atom. The highest BCUT2D eigenvalue weighted by Gasteiger charge is 2.15. The summed E-state index contributed by atoms with van der Waals surface area (Å²) in [5, 5.41) is 0.513. The van der Waals surface area contributed by atoms with E-state index in [9.17, 15) is 4.79 Å². The third-order valence-corrected chi connectivity index (χ3v) is 2.00. The molecule has 5 heteroatoms. The molecule has 0 aliphatic carbocycles. The van der Waals surface area contributed by atoms with Crippen LogP contribution in [-0.2, 0) is 4.74 Å². The highest BCUT2D eigenvalue weighted by molar-refractivity contribution is 6.36. The number of nitrogens with zero attached hydrogens (tertiary/aromatic N) is 1. The Kier molecular flexibility index (Phi) is 3.12. The van der Waals surface area contributed by atoms with Gasteiger partial charge in [0.25, 0.3) is 0 Å². The van der Waals surface area contributed by atoms with Crippen LogP contribution in [0, 0.1) is 6.92 Å². The van der Waals surface area contributed by atoms with E-state index < -0.39 is 5.97 Å². The number of aromatic nitrogens is 1. The van der Waals surface area contributed by atoms with Gasteiger partial charge in [-0.25, -0.2) is 9.78 Å². The van der Waals surface area contributed by atoms with Gasteiger partial charge < -0.3 is 4.74 Å². The highest BCUT2D eigenvalue weighted by atomic mass is 35.5. The summed E-state index contributed by atoms with van der Waals surface area (Å²) in [6, 6.07) is 1.41. The Bertz CT molecular complexity index is 329. The number of ether oxygens (including phenoxy) is 1. The van der Waals surface area contributed by atoms with Crippen molar-refractivity contribution in [2.45, 2.75) is 6.92 Å². The zero-order chi connectivity index (χ0) is 10.0. The van der Waals surface area contributed by atoms with Crippen LogP contribution >= 0.6 is 23.2 Å². The first kappa shape index (κ1) is 10.3. The number of methoxy groups -OCH3 is 1. The minimum Gasteiger partial charge on any atom is -0.465 e. The van der Waals surface area contributed by atoms with E-state index in [0.29, 0.717) is 5.69 Å². The maximum atomic E-state index is 11.2. The maximum absolute atomic E-state index is 11.2. The van der Waals surface area contributed by atoms with Crippen molar-refractivity contribution in [1.82, 2.24) is 4.98 Å². The Morgan fingerprint density at radius 3 is 2.62 bits per heavy atom. The van der Waals surface area contributed by atoms with E-state index in [1.807, 2.05) is 0 Å². The molecule has 1 heterocycles. The average Bonchev–Trinajstić information content (AvgIpc) is 2.02. The molecule has 0 radical (unpaired) electrons. The van der Waals surface area contributed by atoms with Gasteiger partial charge in [0.15, 0.2) is 0 Å². The van der Waals surface area contributed by atoms with Gasteiger partial charge in [0, 0.05) is 0 Å². The third-order valence-electron chi connectivity index (χ3n) is 1.51. The molecule has 0 N–H and O–H groups in total. The van der Waals surface area contributed by atoms with E-state index in [1.54, 1.807) is 6.92 Å². The standard InChI is InChI=1S/C8H7Cl2NO2/c1-4-7(8(12)13-2)5(9)3-6(10)11-4/h3H,1-2H3. The molecule has 0 amide bonds. The summed E-state index contributed by atoms with van der Waals surface area (Å²) in [6.45, 7) is 1.64. The number of pyridine rings is 1. The first-order valence-corrected chi connectivity index (χ1v) is 4.22. The average molecular weight is 220 g/mol. The lowest BCUT2D eigenvalue weighted by Crippen LogP contribution is -2.06. The van der Waals surface area contributed by atoms with Gasteiger partial charge >= 0.3 is 5.97 Å². The first-order chi connectivity index (χ1) is 6.06. The summed E-state index contributed by atoms with van der Waals surface area (Å²) in [5.74, 6) is -0.508. The molecule has 0 unspecified atom stereocenters. The maximum Gasteiger partial charge on any atom is 0.341 e. The van der Waals surface area contributed by atoms with Crippen LogP contribution in [0.1, 0.15) is 16.1 Å². The molecule has 0 fully saturated rings. The number of hydrogen-bond donors (Lipinski definition) is 0. The second-order valence-electron chi connectivity index (χ2n) is 2.38. The molecule has 0 saturated carbocycles. The van der Waals surface area contributed by atoms with E-state index in [2.05, 4.69) is 9.72 Å².